The molecule has 0 fully saturated rings. The molecule has 0 aliphatic carbocycles. The van der Waals surface area contributed by atoms with E-state index in [-0.39, 0.29) is 23.0 Å². The van der Waals surface area contributed by atoms with Crippen molar-refractivity contribution in [3.63, 3.8) is 0 Å². The van der Waals surface area contributed by atoms with Gasteiger partial charge in [0.1, 0.15) is 11.6 Å². The molecule has 3 N–H and O–H groups in total. The molecule has 5 rings (SSSR count). The van der Waals surface area contributed by atoms with Crippen molar-refractivity contribution < 1.29 is 27.5 Å². The van der Waals surface area contributed by atoms with Gasteiger partial charge in [-0.15, -0.1) is 0 Å². The number of anilines is 2. The van der Waals surface area contributed by atoms with Crippen molar-refractivity contribution in [1.29, 1.82) is 0 Å². The zero-order valence-corrected chi connectivity index (χ0v) is 22.8. The zero-order chi connectivity index (χ0) is 30.2. The first-order chi connectivity index (χ1) is 19.9. The van der Waals surface area contributed by atoms with Crippen molar-refractivity contribution in [2.45, 2.75) is 33.0 Å². The number of nitrogens with zero attached hydrogens (tertiary/aromatic N) is 2. The highest BCUT2D eigenvalue weighted by Gasteiger charge is 2.30. The lowest BCUT2D eigenvalue weighted by molar-refractivity contribution is -0.137. The van der Waals surface area contributed by atoms with Crippen LogP contribution in [0.1, 0.15) is 35.3 Å². The molecule has 0 radical (unpaired) electrons. The van der Waals surface area contributed by atoms with Crippen molar-refractivity contribution in [2.75, 3.05) is 10.6 Å². The number of alkyl halides is 3. The lowest BCUT2D eigenvalue weighted by atomic mass is 9.91. The fourth-order valence-electron chi connectivity index (χ4n) is 4.62. The van der Waals surface area contributed by atoms with Crippen molar-refractivity contribution in [3.8, 4) is 28.0 Å². The molecule has 214 valence electrons. The maximum Gasteiger partial charge on any atom is 0.416 e. The molecule has 0 unspecified atom stereocenters. The van der Waals surface area contributed by atoms with Crippen LogP contribution in [-0.2, 0) is 6.18 Å². The molecule has 42 heavy (non-hydrogen) atoms. The predicted molar refractivity (Wildman–Crippen MR) is 155 cm³/mol. The topological polar surface area (TPSA) is 87.1 Å². The Morgan fingerprint density at radius 3 is 2.38 bits per heavy atom. The number of aryl methyl sites for hydroxylation is 1. The van der Waals surface area contributed by atoms with E-state index in [1.54, 1.807) is 37.4 Å². The Labute approximate surface area is 239 Å². The van der Waals surface area contributed by atoms with Gasteiger partial charge in [-0.1, -0.05) is 24.3 Å². The van der Waals surface area contributed by atoms with Gasteiger partial charge in [0.2, 0.25) is 5.95 Å². The number of carbonyl (C=O) groups excluding carboxylic acids is 1. The number of rotatable bonds is 6. The summed E-state index contributed by atoms with van der Waals surface area (Å²) >= 11 is 0. The number of hydrogen-bond donors (Lipinski definition) is 3. The molecule has 6 nitrogen and oxygen atoms in total. The molecule has 0 aliphatic heterocycles. The smallest absolute Gasteiger partial charge is 0.416 e. The molecule has 0 bridgehead atoms. The summed E-state index contributed by atoms with van der Waals surface area (Å²) in [5.74, 6) is -0.840. The minimum absolute atomic E-state index is 0.00735. The van der Waals surface area contributed by atoms with E-state index in [1.165, 1.54) is 36.4 Å². The molecule has 0 saturated heterocycles. The molecule has 5 aromatic rings. The van der Waals surface area contributed by atoms with Crippen LogP contribution in [0.25, 0.3) is 33.2 Å². The Kier molecular flexibility index (Phi) is 7.55. The van der Waals surface area contributed by atoms with Crippen LogP contribution >= 0.6 is 0 Å². The number of nitrogens with one attached hydrogen (secondary N) is 2. The molecule has 1 amide bonds. The summed E-state index contributed by atoms with van der Waals surface area (Å²) in [4.78, 5) is 22.1. The van der Waals surface area contributed by atoms with Gasteiger partial charge in [0.25, 0.3) is 5.91 Å². The number of carbonyl (C=O) groups is 1. The Bertz CT molecular complexity index is 1800. The minimum atomic E-state index is -4.55. The van der Waals surface area contributed by atoms with E-state index in [2.05, 4.69) is 20.6 Å². The largest absolute Gasteiger partial charge is 0.507 e. The number of phenolic OH excluding ortho intramolecular Hbond substituents is 1. The molecular weight excluding hydrogens is 548 g/mol. The van der Waals surface area contributed by atoms with Crippen LogP contribution in [-0.4, -0.2) is 27.0 Å². The van der Waals surface area contributed by atoms with Gasteiger partial charge in [-0.2, -0.15) is 13.2 Å². The quantitative estimate of drug-likeness (QED) is 0.178. The summed E-state index contributed by atoms with van der Waals surface area (Å²) in [6.45, 7) is 5.68. The first-order valence-corrected chi connectivity index (χ1v) is 13.1. The van der Waals surface area contributed by atoms with Gasteiger partial charge >= 0.3 is 6.18 Å². The lowest BCUT2D eigenvalue weighted by Gasteiger charge is -2.17. The van der Waals surface area contributed by atoms with Crippen LogP contribution in [0, 0.1) is 12.7 Å². The van der Waals surface area contributed by atoms with Gasteiger partial charge in [0.05, 0.1) is 16.6 Å². The maximum atomic E-state index is 13.8. The van der Waals surface area contributed by atoms with E-state index in [4.69, 9.17) is 0 Å². The number of benzene rings is 4. The summed E-state index contributed by atoms with van der Waals surface area (Å²) in [6.07, 6.45) is -2.94. The van der Waals surface area contributed by atoms with E-state index in [9.17, 15) is 27.5 Å². The monoisotopic (exact) mass is 574 g/mol. The van der Waals surface area contributed by atoms with Gasteiger partial charge in [-0.05, 0) is 86.0 Å². The summed E-state index contributed by atoms with van der Waals surface area (Å²) in [6, 6.07) is 16.6. The van der Waals surface area contributed by atoms with Crippen LogP contribution in [0.15, 0.2) is 79.0 Å². The highest BCUT2D eigenvalue weighted by Crippen LogP contribution is 2.44. The van der Waals surface area contributed by atoms with Gasteiger partial charge < -0.3 is 15.7 Å². The van der Waals surface area contributed by atoms with E-state index in [0.717, 1.165) is 17.7 Å². The molecule has 0 spiro atoms. The number of amides is 1. The van der Waals surface area contributed by atoms with Crippen molar-refractivity contribution in [1.82, 2.24) is 9.97 Å². The van der Waals surface area contributed by atoms with Crippen LogP contribution in [0.3, 0.4) is 0 Å². The first-order valence-electron chi connectivity index (χ1n) is 13.1. The Hall–Kier alpha value is -4.99. The Balaban J connectivity index is 1.62. The van der Waals surface area contributed by atoms with Crippen LogP contribution in [0.5, 0.6) is 5.75 Å². The molecule has 1 aromatic heterocycles. The number of fused-ring (bicyclic) bond motifs is 1. The summed E-state index contributed by atoms with van der Waals surface area (Å²) in [5.41, 5.74) is 2.21. The summed E-state index contributed by atoms with van der Waals surface area (Å²) < 4.78 is 53.2. The molecule has 1 heterocycles. The Morgan fingerprint density at radius 2 is 1.69 bits per heavy atom. The van der Waals surface area contributed by atoms with Crippen molar-refractivity contribution in [2.24, 2.45) is 0 Å². The number of hydrogen-bond acceptors (Lipinski definition) is 5. The SMILES string of the molecule is Cc1ccc(C(=O)Nc2cccc(C(F)(F)F)c2)cc1-c1cc2cnc(NC(C)C)nc2c(-c2ccc(F)cc2)c1O. The fraction of sp³-hybridized carbons (Fsp3) is 0.156. The lowest BCUT2D eigenvalue weighted by Crippen LogP contribution is -2.13. The number of aromatic hydroxyl groups is 1. The maximum absolute atomic E-state index is 13.8. The number of halogens is 4. The molecule has 0 atom stereocenters. The first kappa shape index (κ1) is 28.5. The predicted octanol–water partition coefficient (Wildman–Crippen LogP) is 8.21. The third-order valence-corrected chi connectivity index (χ3v) is 6.63. The van der Waals surface area contributed by atoms with Crippen LogP contribution < -0.4 is 10.6 Å². The summed E-state index contributed by atoms with van der Waals surface area (Å²) in [5, 5.41) is 17.9. The minimum Gasteiger partial charge on any atom is -0.507 e. The highest BCUT2D eigenvalue weighted by molar-refractivity contribution is 6.06. The van der Waals surface area contributed by atoms with E-state index >= 15 is 0 Å². The second-order valence-corrected chi connectivity index (χ2v) is 10.1. The van der Waals surface area contributed by atoms with E-state index < -0.39 is 23.5 Å². The molecule has 0 aliphatic rings. The van der Waals surface area contributed by atoms with E-state index in [1.807, 2.05) is 13.8 Å². The average molecular weight is 575 g/mol. The molecular formula is C32H26F4N4O2. The third kappa shape index (κ3) is 5.88. The van der Waals surface area contributed by atoms with Gasteiger partial charge in [-0.25, -0.2) is 14.4 Å². The van der Waals surface area contributed by atoms with Gasteiger partial charge in [0, 0.05) is 34.4 Å². The van der Waals surface area contributed by atoms with E-state index in [0.29, 0.717) is 39.1 Å². The summed E-state index contributed by atoms with van der Waals surface area (Å²) in [7, 11) is 0. The number of aromatic nitrogens is 2. The fourth-order valence-corrected chi connectivity index (χ4v) is 4.62. The average Bonchev–Trinajstić information content (AvgIpc) is 2.93. The second kappa shape index (κ2) is 11.1. The normalized spacial score (nSPS) is 11.6. The molecule has 4 aromatic carbocycles. The Morgan fingerprint density at radius 1 is 0.952 bits per heavy atom. The number of phenols is 1. The standard InChI is InChI=1S/C32H26F4N4O2/c1-17(2)38-31-37-16-21-14-26(29(41)27(28(21)40-31)19-9-11-23(33)12-10-19)25-13-20(8-7-18(25)3)30(42)39-24-6-4-5-22(15-24)32(34,35)36/h4-17,41H,1-3H3,(H,39,42)(H,37,38,40). The van der Waals surface area contributed by atoms with Crippen molar-refractivity contribution >= 4 is 28.4 Å². The van der Waals surface area contributed by atoms with Crippen LogP contribution in [0.4, 0.5) is 29.2 Å². The van der Waals surface area contributed by atoms with Gasteiger partial charge in [-0.3, -0.25) is 4.79 Å². The second-order valence-electron chi connectivity index (χ2n) is 10.1. The molecule has 0 saturated carbocycles. The van der Waals surface area contributed by atoms with Gasteiger partial charge in [0.15, 0.2) is 0 Å². The highest BCUT2D eigenvalue weighted by atomic mass is 19.4. The van der Waals surface area contributed by atoms with Crippen LogP contribution in [0.2, 0.25) is 0 Å². The zero-order valence-electron chi connectivity index (χ0n) is 22.8. The van der Waals surface area contributed by atoms with Crippen molar-refractivity contribution in [3.05, 3.63) is 102 Å². The third-order valence-electron chi connectivity index (χ3n) is 6.63. The molecule has 10 heteroatoms.